The van der Waals surface area contributed by atoms with Gasteiger partial charge in [-0.15, -0.1) is 0 Å². The molecule has 120 valence electrons. The van der Waals surface area contributed by atoms with Crippen LogP contribution in [-0.4, -0.2) is 36.4 Å². The number of ether oxygens (including phenoxy) is 1. The number of alkyl halides is 1. The van der Waals surface area contributed by atoms with Gasteiger partial charge in [-0.05, 0) is 33.8 Å². The molecule has 5 heteroatoms. The standard InChI is InChI=1S/C17H23FN2O2/c1-11-6-7-13-12(10-11)17(18)8-9-20(14(17)19(13)5)15(21)22-16(2,3)4/h6-7,10,14H,8-9H2,1-5H3/t14-,17+/m0/s1. The van der Waals surface area contributed by atoms with Gasteiger partial charge in [0, 0.05) is 31.3 Å². The van der Waals surface area contributed by atoms with Gasteiger partial charge < -0.3 is 9.64 Å². The molecule has 0 aliphatic carbocycles. The summed E-state index contributed by atoms with van der Waals surface area (Å²) >= 11 is 0. The van der Waals surface area contributed by atoms with Gasteiger partial charge in [-0.3, -0.25) is 4.90 Å². The van der Waals surface area contributed by atoms with E-state index in [0.29, 0.717) is 18.5 Å². The number of carbonyl (C=O) groups is 1. The molecule has 0 unspecified atom stereocenters. The number of halogens is 1. The average Bonchev–Trinajstić information content (AvgIpc) is 2.83. The van der Waals surface area contributed by atoms with Crippen LogP contribution in [0, 0.1) is 6.92 Å². The fourth-order valence-electron chi connectivity index (χ4n) is 3.51. The minimum atomic E-state index is -1.52. The molecule has 1 saturated heterocycles. The third-order valence-corrected chi connectivity index (χ3v) is 4.40. The van der Waals surface area contributed by atoms with E-state index in [1.54, 1.807) is 0 Å². The Kier molecular flexibility index (Phi) is 3.17. The molecule has 1 fully saturated rings. The van der Waals surface area contributed by atoms with Crippen molar-refractivity contribution >= 4 is 11.8 Å². The van der Waals surface area contributed by atoms with E-state index in [1.807, 2.05) is 57.8 Å². The molecule has 3 rings (SSSR count). The number of hydrogen-bond donors (Lipinski definition) is 0. The fourth-order valence-corrected chi connectivity index (χ4v) is 3.51. The fraction of sp³-hybridized carbons (Fsp3) is 0.588. The molecule has 0 bridgehead atoms. The van der Waals surface area contributed by atoms with Crippen LogP contribution in [0.1, 0.15) is 38.3 Å². The van der Waals surface area contributed by atoms with Crippen LogP contribution in [0.3, 0.4) is 0 Å². The molecule has 0 N–H and O–H groups in total. The number of aryl methyl sites for hydroxylation is 1. The lowest BCUT2D eigenvalue weighted by Crippen LogP contribution is -2.50. The monoisotopic (exact) mass is 306 g/mol. The van der Waals surface area contributed by atoms with E-state index in [-0.39, 0.29) is 0 Å². The second kappa shape index (κ2) is 4.61. The third kappa shape index (κ3) is 2.14. The molecule has 0 saturated carbocycles. The topological polar surface area (TPSA) is 32.8 Å². The summed E-state index contributed by atoms with van der Waals surface area (Å²) in [6.45, 7) is 7.78. The molecule has 1 aromatic carbocycles. The molecule has 1 aromatic rings. The van der Waals surface area contributed by atoms with Gasteiger partial charge in [0.25, 0.3) is 0 Å². The van der Waals surface area contributed by atoms with E-state index in [2.05, 4.69) is 0 Å². The van der Waals surface area contributed by atoms with Crippen LogP contribution in [0.5, 0.6) is 0 Å². The summed E-state index contributed by atoms with van der Waals surface area (Å²) in [5.41, 5.74) is 0.463. The number of likely N-dealkylation sites (tertiary alicyclic amines) is 1. The van der Waals surface area contributed by atoms with Gasteiger partial charge in [-0.2, -0.15) is 0 Å². The first-order chi connectivity index (χ1) is 10.1. The molecule has 2 aliphatic rings. The largest absolute Gasteiger partial charge is 0.444 e. The summed E-state index contributed by atoms with van der Waals surface area (Å²) in [5.74, 6) is 0. The summed E-state index contributed by atoms with van der Waals surface area (Å²) < 4.78 is 21.1. The van der Waals surface area contributed by atoms with Crippen LogP contribution in [0.25, 0.3) is 0 Å². The SMILES string of the molecule is Cc1ccc2c(c1)[C@]1(F)CCN(C(=O)OC(C)(C)C)[C@@H]1N2C. The summed E-state index contributed by atoms with van der Waals surface area (Å²) in [6, 6.07) is 5.79. The predicted octanol–water partition coefficient (Wildman–Crippen LogP) is 3.58. The molecule has 0 spiro atoms. The second-order valence-corrected chi connectivity index (χ2v) is 7.29. The molecular formula is C17H23FN2O2. The smallest absolute Gasteiger partial charge is 0.412 e. The highest BCUT2D eigenvalue weighted by Gasteiger charge is 2.59. The van der Waals surface area contributed by atoms with Crippen molar-refractivity contribution in [2.75, 3.05) is 18.5 Å². The van der Waals surface area contributed by atoms with Crippen molar-refractivity contribution in [3.63, 3.8) is 0 Å². The van der Waals surface area contributed by atoms with Gasteiger partial charge in [0.15, 0.2) is 5.67 Å². The Labute approximate surface area is 130 Å². The average molecular weight is 306 g/mol. The van der Waals surface area contributed by atoms with Crippen molar-refractivity contribution in [2.24, 2.45) is 0 Å². The molecule has 1 amide bonds. The summed E-state index contributed by atoms with van der Waals surface area (Å²) in [4.78, 5) is 15.8. The second-order valence-electron chi connectivity index (χ2n) is 7.29. The van der Waals surface area contributed by atoms with Crippen LogP contribution < -0.4 is 4.90 Å². The molecule has 2 aliphatic heterocycles. The van der Waals surface area contributed by atoms with E-state index >= 15 is 4.39 Å². The number of fused-ring (bicyclic) bond motifs is 3. The molecule has 2 heterocycles. The summed E-state index contributed by atoms with van der Waals surface area (Å²) in [5, 5.41) is 0. The van der Waals surface area contributed by atoms with Gasteiger partial charge in [-0.25, -0.2) is 9.18 Å². The quantitative estimate of drug-likeness (QED) is 0.734. The highest BCUT2D eigenvalue weighted by Crippen LogP contribution is 2.52. The third-order valence-electron chi connectivity index (χ3n) is 4.40. The summed E-state index contributed by atoms with van der Waals surface area (Å²) in [6.07, 6.45) is -0.773. The zero-order valence-electron chi connectivity index (χ0n) is 13.8. The summed E-state index contributed by atoms with van der Waals surface area (Å²) in [7, 11) is 1.84. The maximum atomic E-state index is 15.7. The maximum Gasteiger partial charge on any atom is 0.412 e. The predicted molar refractivity (Wildman–Crippen MR) is 83.7 cm³/mol. The maximum absolute atomic E-state index is 15.7. The van der Waals surface area contributed by atoms with Gasteiger partial charge in [0.1, 0.15) is 11.8 Å². The lowest BCUT2D eigenvalue weighted by atomic mass is 9.94. The van der Waals surface area contributed by atoms with Crippen molar-refractivity contribution in [3.8, 4) is 0 Å². The highest BCUT2D eigenvalue weighted by molar-refractivity contribution is 5.73. The van der Waals surface area contributed by atoms with Crippen molar-refractivity contribution in [3.05, 3.63) is 29.3 Å². The van der Waals surface area contributed by atoms with Crippen molar-refractivity contribution in [1.29, 1.82) is 0 Å². The number of hydrogen-bond acceptors (Lipinski definition) is 3. The van der Waals surface area contributed by atoms with Crippen molar-refractivity contribution in [1.82, 2.24) is 4.90 Å². The van der Waals surface area contributed by atoms with Crippen LogP contribution in [0.4, 0.5) is 14.9 Å². The van der Waals surface area contributed by atoms with Crippen LogP contribution >= 0.6 is 0 Å². The normalized spacial score (nSPS) is 26.9. The molecular weight excluding hydrogens is 283 g/mol. The molecule has 4 nitrogen and oxygen atoms in total. The van der Waals surface area contributed by atoms with Gasteiger partial charge in [0.2, 0.25) is 0 Å². The van der Waals surface area contributed by atoms with Gasteiger partial charge in [0.05, 0.1) is 0 Å². The number of benzene rings is 1. The number of rotatable bonds is 0. The number of nitrogens with zero attached hydrogens (tertiary/aromatic N) is 2. The Bertz CT molecular complexity index is 626. The van der Waals surface area contributed by atoms with E-state index in [4.69, 9.17) is 4.74 Å². The Balaban J connectivity index is 1.95. The Hall–Kier alpha value is -1.78. The highest BCUT2D eigenvalue weighted by atomic mass is 19.1. The lowest BCUT2D eigenvalue weighted by Gasteiger charge is -2.33. The molecule has 0 radical (unpaired) electrons. The molecule has 0 aromatic heterocycles. The van der Waals surface area contributed by atoms with E-state index < -0.39 is 23.5 Å². The number of anilines is 1. The van der Waals surface area contributed by atoms with Crippen LogP contribution in [-0.2, 0) is 10.4 Å². The first-order valence-electron chi connectivity index (χ1n) is 7.66. The Morgan fingerprint density at radius 1 is 1.41 bits per heavy atom. The van der Waals surface area contributed by atoms with Crippen LogP contribution in [0.15, 0.2) is 18.2 Å². The van der Waals surface area contributed by atoms with Crippen LogP contribution in [0.2, 0.25) is 0 Å². The van der Waals surface area contributed by atoms with Gasteiger partial charge in [-0.1, -0.05) is 17.7 Å². The first-order valence-corrected chi connectivity index (χ1v) is 7.66. The van der Waals surface area contributed by atoms with Crippen molar-refractivity contribution < 1.29 is 13.9 Å². The zero-order valence-corrected chi connectivity index (χ0v) is 13.8. The number of amides is 1. The minimum Gasteiger partial charge on any atom is -0.444 e. The first kappa shape index (κ1) is 15.1. The van der Waals surface area contributed by atoms with E-state index in [1.165, 1.54) is 4.90 Å². The lowest BCUT2D eigenvalue weighted by molar-refractivity contribution is 0.0139. The number of likely N-dealkylation sites (N-methyl/N-ethyl adjacent to an activating group) is 1. The van der Waals surface area contributed by atoms with Gasteiger partial charge >= 0.3 is 6.09 Å². The Morgan fingerprint density at radius 3 is 2.73 bits per heavy atom. The van der Waals surface area contributed by atoms with E-state index in [0.717, 1.165) is 11.3 Å². The molecule has 22 heavy (non-hydrogen) atoms. The molecule has 2 atom stereocenters. The minimum absolute atomic E-state index is 0.303. The Morgan fingerprint density at radius 2 is 2.09 bits per heavy atom. The number of carbonyl (C=O) groups excluding carboxylic acids is 1. The van der Waals surface area contributed by atoms with E-state index in [9.17, 15) is 4.79 Å². The zero-order chi connectivity index (χ0) is 16.3. The van der Waals surface area contributed by atoms with Crippen molar-refractivity contribution in [2.45, 2.75) is 51.6 Å².